The minimum absolute atomic E-state index is 0.111. The van der Waals surface area contributed by atoms with Crippen LogP contribution in [-0.2, 0) is 16.6 Å². The lowest BCUT2D eigenvalue weighted by molar-refractivity contribution is -0.125. The van der Waals surface area contributed by atoms with E-state index in [1.165, 1.54) is 18.4 Å². The second-order valence-corrected chi connectivity index (χ2v) is 10.9. The van der Waals surface area contributed by atoms with Crippen LogP contribution in [0.4, 0.5) is 4.79 Å². The highest BCUT2D eigenvalue weighted by atomic mass is 16.6. The van der Waals surface area contributed by atoms with Gasteiger partial charge in [0.25, 0.3) is 0 Å². The minimum Gasteiger partial charge on any atom is -0.482 e. The molecular weight excluding hydrogens is 460 g/mol. The van der Waals surface area contributed by atoms with E-state index in [-0.39, 0.29) is 36.3 Å². The summed E-state index contributed by atoms with van der Waals surface area (Å²) in [5.74, 6) is 1.10. The van der Waals surface area contributed by atoms with Gasteiger partial charge in [-0.1, -0.05) is 31.1 Å². The summed E-state index contributed by atoms with van der Waals surface area (Å²) in [6.07, 6.45) is 8.87. The number of likely N-dealkylation sites (tertiary alicyclic amines) is 1. The van der Waals surface area contributed by atoms with Crippen LogP contribution in [0, 0.1) is 5.92 Å². The van der Waals surface area contributed by atoms with Crippen LogP contribution in [-0.4, -0.2) is 78.5 Å². The first kappa shape index (κ1) is 23.8. The number of ether oxygens (including phenoxy) is 2. The second kappa shape index (κ2) is 9.36. The van der Waals surface area contributed by atoms with E-state index in [2.05, 4.69) is 28.8 Å². The van der Waals surface area contributed by atoms with Crippen molar-refractivity contribution in [2.45, 2.75) is 68.6 Å². The maximum absolute atomic E-state index is 12.6. The molecular formula is C27H36N4O5. The minimum atomic E-state index is -0.701. The number of rotatable bonds is 5. The third-order valence-electron chi connectivity index (χ3n) is 8.85. The molecule has 2 aliphatic carbocycles. The molecule has 194 valence electrons. The molecule has 0 saturated carbocycles. The first-order chi connectivity index (χ1) is 17.5. The smallest absolute Gasteiger partial charge is 0.412 e. The predicted octanol–water partition coefficient (Wildman–Crippen LogP) is 1.88. The molecule has 3 aliphatic heterocycles. The monoisotopic (exact) mass is 496 g/mol. The van der Waals surface area contributed by atoms with Gasteiger partial charge in [-0.25, -0.2) is 9.80 Å². The number of carbonyl (C=O) groups is 2. The number of aliphatic hydroxyl groups excluding tert-OH is 1. The zero-order valence-corrected chi connectivity index (χ0v) is 20.9. The van der Waals surface area contributed by atoms with Crippen LogP contribution in [0.2, 0.25) is 0 Å². The Hall–Kier alpha value is -2.62. The first-order valence-corrected chi connectivity index (χ1v) is 13.4. The van der Waals surface area contributed by atoms with Gasteiger partial charge in [0.05, 0.1) is 0 Å². The lowest BCUT2D eigenvalue weighted by Crippen LogP contribution is -2.64. The molecule has 2 fully saturated rings. The van der Waals surface area contributed by atoms with E-state index in [1.807, 2.05) is 17.2 Å². The second-order valence-electron chi connectivity index (χ2n) is 10.9. The van der Waals surface area contributed by atoms with Gasteiger partial charge in [0.2, 0.25) is 5.91 Å². The van der Waals surface area contributed by atoms with Gasteiger partial charge in [0.15, 0.2) is 11.5 Å². The van der Waals surface area contributed by atoms with Crippen LogP contribution in [0.3, 0.4) is 0 Å². The molecule has 5 aliphatic rings. The average molecular weight is 497 g/mol. The normalized spacial score (nSPS) is 32.7. The van der Waals surface area contributed by atoms with Crippen molar-refractivity contribution >= 4 is 12.0 Å². The van der Waals surface area contributed by atoms with Crippen LogP contribution in [0.15, 0.2) is 24.3 Å². The number of hydrazine groups is 1. The molecule has 36 heavy (non-hydrogen) atoms. The lowest BCUT2D eigenvalue weighted by Gasteiger charge is -2.56. The molecule has 9 heteroatoms. The van der Waals surface area contributed by atoms with E-state index >= 15 is 0 Å². The van der Waals surface area contributed by atoms with E-state index in [9.17, 15) is 14.7 Å². The molecule has 0 aromatic heterocycles. The number of amides is 2. The topological polar surface area (TPSA) is 103 Å². The first-order valence-electron chi connectivity index (χ1n) is 13.4. The number of carbonyl (C=O) groups excluding carboxylic acids is 2. The Morgan fingerprint density at radius 3 is 2.78 bits per heavy atom. The summed E-state index contributed by atoms with van der Waals surface area (Å²) in [4.78, 5) is 27.3. The fourth-order valence-corrected chi connectivity index (χ4v) is 7.14. The lowest BCUT2D eigenvalue weighted by atomic mass is 9.53. The molecule has 2 bridgehead atoms. The highest BCUT2D eigenvalue weighted by Crippen LogP contribution is 2.62. The van der Waals surface area contributed by atoms with E-state index in [0.717, 1.165) is 50.9 Å². The maximum Gasteiger partial charge on any atom is 0.412 e. The Balaban J connectivity index is 1.13. The van der Waals surface area contributed by atoms with Gasteiger partial charge in [0.1, 0.15) is 12.2 Å². The third-order valence-corrected chi connectivity index (χ3v) is 8.85. The largest absolute Gasteiger partial charge is 0.482 e. The van der Waals surface area contributed by atoms with Crippen molar-refractivity contribution < 1.29 is 24.2 Å². The SMILES string of the molecule is CN1CC[C@]23c4c5ccc(OC(=O)NCCC(=O)NN6CCCCCC6)c4O[C@H]2[C@@H](O)C=CC3C1C5. The van der Waals surface area contributed by atoms with Crippen LogP contribution < -0.4 is 20.2 Å². The summed E-state index contributed by atoms with van der Waals surface area (Å²) in [5.41, 5.74) is 4.95. The summed E-state index contributed by atoms with van der Waals surface area (Å²) in [7, 11) is 2.17. The van der Waals surface area contributed by atoms with Crippen molar-refractivity contribution in [3.63, 3.8) is 0 Å². The Morgan fingerprint density at radius 1 is 1.17 bits per heavy atom. The number of nitrogens with one attached hydrogen (secondary N) is 2. The maximum atomic E-state index is 12.6. The zero-order valence-electron chi connectivity index (χ0n) is 20.9. The molecule has 1 aromatic carbocycles. The van der Waals surface area contributed by atoms with Crippen LogP contribution in [0.1, 0.15) is 49.7 Å². The van der Waals surface area contributed by atoms with Gasteiger partial charge in [-0.15, -0.1) is 0 Å². The molecule has 1 spiro atoms. The number of piperidine rings is 1. The van der Waals surface area contributed by atoms with Gasteiger partial charge < -0.3 is 24.8 Å². The highest BCUT2D eigenvalue weighted by molar-refractivity contribution is 5.77. The van der Waals surface area contributed by atoms with Crippen molar-refractivity contribution in [2.24, 2.45) is 5.92 Å². The quantitative estimate of drug-likeness (QED) is 0.535. The number of benzene rings is 1. The Bertz CT molecular complexity index is 1070. The van der Waals surface area contributed by atoms with Crippen molar-refractivity contribution in [3.05, 3.63) is 35.4 Å². The fraction of sp³-hybridized carbons (Fsp3) is 0.630. The highest BCUT2D eigenvalue weighted by Gasteiger charge is 2.64. The van der Waals surface area contributed by atoms with Crippen LogP contribution in [0.25, 0.3) is 0 Å². The molecule has 2 amide bonds. The van der Waals surface area contributed by atoms with Gasteiger partial charge in [-0.05, 0) is 50.9 Å². The van der Waals surface area contributed by atoms with Crippen molar-refractivity contribution in [2.75, 3.05) is 33.2 Å². The molecule has 2 saturated heterocycles. The summed E-state index contributed by atoms with van der Waals surface area (Å²) in [6, 6.07) is 4.20. The van der Waals surface area contributed by atoms with E-state index < -0.39 is 12.2 Å². The fourth-order valence-electron chi connectivity index (χ4n) is 7.14. The summed E-state index contributed by atoms with van der Waals surface area (Å²) >= 11 is 0. The molecule has 6 rings (SSSR count). The Kier molecular flexibility index (Phi) is 6.17. The molecule has 3 heterocycles. The van der Waals surface area contributed by atoms with Gasteiger partial charge in [-0.2, -0.15) is 0 Å². The molecule has 9 nitrogen and oxygen atoms in total. The van der Waals surface area contributed by atoms with E-state index in [4.69, 9.17) is 9.47 Å². The standard InChI is InChI=1S/C27H36N4O5/c1-30-15-11-27-18-7-8-20(32)25(27)36-24-21(9-6-17(23(24)27)16-19(18)30)35-26(34)28-12-10-22(33)29-31-13-4-2-3-5-14-31/h6-9,18-20,25,32H,2-5,10-16H2,1H3,(H,28,34)(H,29,33)/t18?,19?,20-,25-,27-/m0/s1. The third kappa shape index (κ3) is 3.88. The summed E-state index contributed by atoms with van der Waals surface area (Å²) in [6.45, 7) is 2.86. The Labute approximate surface area is 211 Å². The number of aliphatic hydroxyl groups is 1. The van der Waals surface area contributed by atoms with Gasteiger partial charge >= 0.3 is 6.09 Å². The van der Waals surface area contributed by atoms with Gasteiger partial charge in [0, 0.05) is 49.0 Å². The molecule has 0 radical (unpaired) electrons. The number of nitrogens with zero attached hydrogens (tertiary/aromatic N) is 2. The summed E-state index contributed by atoms with van der Waals surface area (Å²) in [5, 5.41) is 15.5. The average Bonchev–Trinajstić information content (AvgIpc) is 3.01. The number of likely N-dealkylation sites (N-methyl/N-ethyl adjacent to an activating group) is 1. The number of hydrogen-bond acceptors (Lipinski definition) is 7. The van der Waals surface area contributed by atoms with Crippen LogP contribution in [0.5, 0.6) is 11.5 Å². The Morgan fingerprint density at radius 2 is 1.97 bits per heavy atom. The van der Waals surface area contributed by atoms with Crippen molar-refractivity contribution in [1.29, 1.82) is 0 Å². The van der Waals surface area contributed by atoms with Gasteiger partial charge in [-0.3, -0.25) is 10.2 Å². The number of hydrogen-bond donors (Lipinski definition) is 3. The summed E-state index contributed by atoms with van der Waals surface area (Å²) < 4.78 is 12.1. The van der Waals surface area contributed by atoms with E-state index in [1.54, 1.807) is 6.07 Å². The zero-order chi connectivity index (χ0) is 24.9. The van der Waals surface area contributed by atoms with Crippen molar-refractivity contribution in [3.8, 4) is 11.5 Å². The predicted molar refractivity (Wildman–Crippen MR) is 133 cm³/mol. The molecule has 1 aromatic rings. The van der Waals surface area contributed by atoms with E-state index in [0.29, 0.717) is 17.5 Å². The molecule has 2 unspecified atom stereocenters. The molecule has 3 N–H and O–H groups in total. The molecule has 5 atom stereocenters. The van der Waals surface area contributed by atoms with Crippen molar-refractivity contribution in [1.82, 2.24) is 20.7 Å². The van der Waals surface area contributed by atoms with Crippen LogP contribution >= 0.6 is 0 Å².